The number of hydrogen-bond acceptors (Lipinski definition) is 2. The van der Waals surface area contributed by atoms with Crippen LogP contribution in [0.3, 0.4) is 0 Å². The number of nitrogens with two attached hydrogens (primary N) is 1. The summed E-state index contributed by atoms with van der Waals surface area (Å²) < 4.78 is 0. The summed E-state index contributed by atoms with van der Waals surface area (Å²) in [6.45, 7) is 4.43. The summed E-state index contributed by atoms with van der Waals surface area (Å²) in [4.78, 5) is 2.66. The Balaban J connectivity index is 1.96. The summed E-state index contributed by atoms with van der Waals surface area (Å²) in [5.74, 6) is 1.01. The number of likely N-dealkylation sites (tertiary alicyclic amines) is 1. The third-order valence-electron chi connectivity index (χ3n) is 3.66. The van der Waals surface area contributed by atoms with Crippen LogP contribution in [0.15, 0.2) is 0 Å². The Hall–Kier alpha value is -0.0800. The summed E-state index contributed by atoms with van der Waals surface area (Å²) in [7, 11) is 0. The highest BCUT2D eigenvalue weighted by molar-refractivity contribution is 4.94. The van der Waals surface area contributed by atoms with Crippen molar-refractivity contribution >= 4 is 0 Å². The van der Waals surface area contributed by atoms with E-state index in [1.807, 2.05) is 0 Å². The maximum atomic E-state index is 5.75. The molecule has 2 heteroatoms. The summed E-state index contributed by atoms with van der Waals surface area (Å²) in [5.41, 5.74) is 5.75. The second kappa shape index (κ2) is 3.35. The predicted octanol–water partition coefficient (Wildman–Crippen LogP) is 1.21. The van der Waals surface area contributed by atoms with Crippen molar-refractivity contribution in [2.24, 2.45) is 11.7 Å². The minimum absolute atomic E-state index is 0.667. The van der Waals surface area contributed by atoms with Gasteiger partial charge >= 0.3 is 0 Å². The summed E-state index contributed by atoms with van der Waals surface area (Å²) in [5, 5.41) is 0. The van der Waals surface area contributed by atoms with Gasteiger partial charge in [0.15, 0.2) is 0 Å². The quantitative estimate of drug-likeness (QED) is 0.686. The maximum absolute atomic E-state index is 5.75. The molecule has 1 heterocycles. The molecule has 2 rings (SSSR count). The van der Waals surface area contributed by atoms with E-state index in [2.05, 4.69) is 11.8 Å². The molecular formula is C10H20N2. The Morgan fingerprint density at radius 3 is 2.75 bits per heavy atom. The Morgan fingerprint density at radius 2 is 2.33 bits per heavy atom. The third kappa shape index (κ3) is 1.27. The molecule has 0 radical (unpaired) electrons. The number of fused-ring (bicyclic) bond motifs is 2. The van der Waals surface area contributed by atoms with Gasteiger partial charge in [0.1, 0.15) is 0 Å². The molecule has 0 spiro atoms. The first-order valence-corrected chi connectivity index (χ1v) is 5.31. The lowest BCUT2D eigenvalue weighted by Gasteiger charge is -2.33. The first-order valence-electron chi connectivity index (χ1n) is 5.31. The molecule has 1 saturated carbocycles. The van der Waals surface area contributed by atoms with E-state index in [1.165, 1.54) is 32.2 Å². The van der Waals surface area contributed by atoms with E-state index in [0.29, 0.717) is 6.04 Å². The topological polar surface area (TPSA) is 29.3 Å². The fraction of sp³-hybridized carbons (Fsp3) is 1.00. The molecule has 2 aliphatic rings. The van der Waals surface area contributed by atoms with E-state index in [4.69, 9.17) is 5.73 Å². The average molecular weight is 168 g/mol. The molecule has 0 amide bonds. The molecule has 2 nitrogen and oxygen atoms in total. The van der Waals surface area contributed by atoms with Crippen molar-refractivity contribution in [3.8, 4) is 0 Å². The lowest BCUT2D eigenvalue weighted by Crippen LogP contribution is -2.44. The lowest BCUT2D eigenvalue weighted by atomic mass is 10.1. The number of hydrogen-bond donors (Lipinski definition) is 1. The van der Waals surface area contributed by atoms with Gasteiger partial charge in [-0.25, -0.2) is 0 Å². The first kappa shape index (κ1) is 8.52. The second-order valence-corrected chi connectivity index (χ2v) is 4.33. The van der Waals surface area contributed by atoms with Gasteiger partial charge in [-0.2, -0.15) is 0 Å². The molecule has 3 unspecified atom stereocenters. The molecule has 3 atom stereocenters. The van der Waals surface area contributed by atoms with Crippen molar-refractivity contribution < 1.29 is 0 Å². The standard InChI is InChI=1S/C10H20N2/c1-2-9(6-11)12-7-8-3-4-10(12)5-8/h8-10H,2-7,11H2,1H3. The van der Waals surface area contributed by atoms with Crippen molar-refractivity contribution in [1.82, 2.24) is 4.90 Å². The molecule has 12 heavy (non-hydrogen) atoms. The largest absolute Gasteiger partial charge is 0.329 e. The molecule has 2 bridgehead atoms. The Kier molecular flexibility index (Phi) is 2.37. The molecular weight excluding hydrogens is 148 g/mol. The molecule has 2 fully saturated rings. The van der Waals surface area contributed by atoms with E-state index in [-0.39, 0.29) is 0 Å². The molecule has 1 saturated heterocycles. The van der Waals surface area contributed by atoms with E-state index in [0.717, 1.165) is 18.5 Å². The van der Waals surface area contributed by atoms with Crippen LogP contribution in [-0.4, -0.2) is 30.1 Å². The van der Waals surface area contributed by atoms with Gasteiger partial charge in [-0.05, 0) is 31.6 Å². The van der Waals surface area contributed by atoms with Gasteiger partial charge in [-0.3, -0.25) is 4.90 Å². The lowest BCUT2D eigenvalue weighted by molar-refractivity contribution is 0.149. The van der Waals surface area contributed by atoms with Gasteiger partial charge in [-0.1, -0.05) is 6.92 Å². The highest BCUT2D eigenvalue weighted by Crippen LogP contribution is 2.38. The molecule has 0 aromatic carbocycles. The van der Waals surface area contributed by atoms with E-state index < -0.39 is 0 Å². The van der Waals surface area contributed by atoms with Crippen LogP contribution in [0.2, 0.25) is 0 Å². The predicted molar refractivity (Wildman–Crippen MR) is 51.0 cm³/mol. The van der Waals surface area contributed by atoms with Crippen molar-refractivity contribution in [1.29, 1.82) is 0 Å². The summed E-state index contributed by atoms with van der Waals surface area (Å²) >= 11 is 0. The van der Waals surface area contributed by atoms with Crippen molar-refractivity contribution in [2.75, 3.05) is 13.1 Å². The highest BCUT2D eigenvalue weighted by Gasteiger charge is 2.39. The number of piperidine rings is 1. The Bertz CT molecular complexity index is 154. The fourth-order valence-electron chi connectivity index (χ4n) is 2.95. The SMILES string of the molecule is CCC(CN)N1CC2CCC1C2. The van der Waals surface area contributed by atoms with Gasteiger partial charge < -0.3 is 5.73 Å². The fourth-order valence-corrected chi connectivity index (χ4v) is 2.95. The monoisotopic (exact) mass is 168 g/mol. The van der Waals surface area contributed by atoms with Crippen LogP contribution in [-0.2, 0) is 0 Å². The van der Waals surface area contributed by atoms with E-state index in [9.17, 15) is 0 Å². The van der Waals surface area contributed by atoms with Crippen LogP contribution in [0, 0.1) is 5.92 Å². The smallest absolute Gasteiger partial charge is 0.0218 e. The maximum Gasteiger partial charge on any atom is 0.0218 e. The van der Waals surface area contributed by atoms with Gasteiger partial charge in [0.2, 0.25) is 0 Å². The molecule has 70 valence electrons. The van der Waals surface area contributed by atoms with Crippen LogP contribution in [0.5, 0.6) is 0 Å². The molecule has 2 N–H and O–H groups in total. The molecule has 1 aliphatic heterocycles. The zero-order valence-electron chi connectivity index (χ0n) is 8.00. The third-order valence-corrected chi connectivity index (χ3v) is 3.66. The van der Waals surface area contributed by atoms with Crippen LogP contribution in [0.4, 0.5) is 0 Å². The van der Waals surface area contributed by atoms with Crippen LogP contribution in [0.25, 0.3) is 0 Å². The average Bonchev–Trinajstić information content (AvgIpc) is 2.67. The van der Waals surface area contributed by atoms with Crippen molar-refractivity contribution in [2.45, 2.75) is 44.7 Å². The van der Waals surface area contributed by atoms with E-state index >= 15 is 0 Å². The van der Waals surface area contributed by atoms with Gasteiger partial charge in [0.25, 0.3) is 0 Å². The summed E-state index contributed by atoms with van der Waals surface area (Å²) in [6.07, 6.45) is 5.58. The van der Waals surface area contributed by atoms with Gasteiger partial charge in [-0.15, -0.1) is 0 Å². The van der Waals surface area contributed by atoms with Crippen LogP contribution >= 0.6 is 0 Å². The minimum atomic E-state index is 0.667. The van der Waals surface area contributed by atoms with Gasteiger partial charge in [0, 0.05) is 25.2 Å². The van der Waals surface area contributed by atoms with Crippen LogP contribution in [0.1, 0.15) is 32.6 Å². The highest BCUT2D eigenvalue weighted by atomic mass is 15.2. The van der Waals surface area contributed by atoms with Crippen LogP contribution < -0.4 is 5.73 Å². The van der Waals surface area contributed by atoms with E-state index in [1.54, 1.807) is 0 Å². The minimum Gasteiger partial charge on any atom is -0.329 e. The molecule has 0 aromatic heterocycles. The van der Waals surface area contributed by atoms with Crippen molar-refractivity contribution in [3.63, 3.8) is 0 Å². The number of rotatable bonds is 3. The normalized spacial score (nSPS) is 37.5. The second-order valence-electron chi connectivity index (χ2n) is 4.33. The number of nitrogens with zero attached hydrogens (tertiary/aromatic N) is 1. The molecule has 1 aliphatic carbocycles. The molecule has 0 aromatic rings. The Morgan fingerprint density at radius 1 is 1.50 bits per heavy atom. The zero-order valence-corrected chi connectivity index (χ0v) is 8.00. The van der Waals surface area contributed by atoms with Gasteiger partial charge in [0.05, 0.1) is 0 Å². The Labute approximate surface area is 75.1 Å². The first-order chi connectivity index (χ1) is 5.85. The van der Waals surface area contributed by atoms with Crippen molar-refractivity contribution in [3.05, 3.63) is 0 Å². The summed E-state index contributed by atoms with van der Waals surface area (Å²) in [6, 6.07) is 1.56. The zero-order chi connectivity index (χ0) is 8.55.